The largest absolute Gasteiger partial charge is 0.381 e. The van der Waals surface area contributed by atoms with Gasteiger partial charge in [-0.1, -0.05) is 0 Å². The molecule has 5 heteroatoms. The summed E-state index contributed by atoms with van der Waals surface area (Å²) in [6, 6.07) is 1.76. The first kappa shape index (κ1) is 16.3. The molecule has 0 N–H and O–H groups in total. The van der Waals surface area contributed by atoms with Crippen molar-refractivity contribution in [3.63, 3.8) is 0 Å². The number of likely N-dealkylation sites (tertiary alicyclic amines) is 1. The van der Waals surface area contributed by atoms with E-state index in [-0.39, 0.29) is 5.56 Å². The van der Waals surface area contributed by atoms with Gasteiger partial charge in [-0.05, 0) is 63.5 Å². The third-order valence-corrected chi connectivity index (χ3v) is 5.92. The van der Waals surface area contributed by atoms with Crippen molar-refractivity contribution in [2.45, 2.75) is 51.0 Å². The van der Waals surface area contributed by atoms with E-state index in [0.29, 0.717) is 11.8 Å². The van der Waals surface area contributed by atoms with Crippen molar-refractivity contribution in [1.29, 1.82) is 0 Å². The second kappa shape index (κ2) is 7.36. The van der Waals surface area contributed by atoms with Crippen LogP contribution in [0.3, 0.4) is 0 Å². The Bertz CT molecular complexity index is 597. The number of ether oxygens (including phenoxy) is 1. The lowest BCUT2D eigenvalue weighted by Gasteiger charge is -2.35. The van der Waals surface area contributed by atoms with E-state index < -0.39 is 0 Å². The minimum absolute atomic E-state index is 0.136. The van der Waals surface area contributed by atoms with Gasteiger partial charge in [-0.25, -0.2) is 4.98 Å². The summed E-state index contributed by atoms with van der Waals surface area (Å²) in [5, 5.41) is 0. The summed E-state index contributed by atoms with van der Waals surface area (Å²) >= 11 is 0. The maximum Gasteiger partial charge on any atom is 0.253 e. The van der Waals surface area contributed by atoms with Crippen LogP contribution in [0.4, 0.5) is 0 Å². The highest BCUT2D eigenvalue weighted by atomic mass is 16.5. The molecule has 0 atom stereocenters. The summed E-state index contributed by atoms with van der Waals surface area (Å²) in [7, 11) is 0. The maximum atomic E-state index is 12.3. The molecule has 24 heavy (non-hydrogen) atoms. The van der Waals surface area contributed by atoms with Gasteiger partial charge in [0.1, 0.15) is 0 Å². The lowest BCUT2D eigenvalue weighted by Crippen LogP contribution is -2.40. The molecule has 2 saturated heterocycles. The summed E-state index contributed by atoms with van der Waals surface area (Å²) < 4.78 is 7.28. The Morgan fingerprint density at radius 2 is 1.71 bits per heavy atom. The molecule has 2 aliphatic heterocycles. The monoisotopic (exact) mass is 331 g/mol. The van der Waals surface area contributed by atoms with E-state index in [4.69, 9.17) is 4.74 Å². The fraction of sp³-hybridized carbons (Fsp3) is 0.789. The van der Waals surface area contributed by atoms with E-state index in [9.17, 15) is 4.79 Å². The van der Waals surface area contributed by atoms with Gasteiger partial charge >= 0.3 is 0 Å². The van der Waals surface area contributed by atoms with E-state index in [2.05, 4.69) is 9.88 Å². The predicted molar refractivity (Wildman–Crippen MR) is 93.2 cm³/mol. The average Bonchev–Trinajstić information content (AvgIpc) is 3.44. The molecule has 3 aliphatic rings. The molecule has 1 saturated carbocycles. The number of nitrogens with zero attached hydrogens (tertiary/aromatic N) is 3. The molecule has 0 amide bonds. The number of hydrogen-bond acceptors (Lipinski definition) is 4. The maximum absolute atomic E-state index is 12.3. The minimum Gasteiger partial charge on any atom is -0.381 e. The van der Waals surface area contributed by atoms with Crippen LogP contribution < -0.4 is 5.56 Å². The molecule has 0 aromatic carbocycles. The summed E-state index contributed by atoms with van der Waals surface area (Å²) in [4.78, 5) is 19.4. The van der Waals surface area contributed by atoms with Gasteiger partial charge in [0.25, 0.3) is 5.56 Å². The first-order valence-electron chi connectivity index (χ1n) is 9.64. The molecule has 4 rings (SSSR count). The topological polar surface area (TPSA) is 47.4 Å². The van der Waals surface area contributed by atoms with Crippen LogP contribution in [-0.4, -0.2) is 47.3 Å². The Hall–Kier alpha value is -1.20. The van der Waals surface area contributed by atoms with Gasteiger partial charge in [-0.3, -0.25) is 9.36 Å². The smallest absolute Gasteiger partial charge is 0.253 e. The second-order valence-electron chi connectivity index (χ2n) is 7.88. The molecule has 0 radical (unpaired) electrons. The van der Waals surface area contributed by atoms with Crippen LogP contribution in [0, 0.1) is 11.8 Å². The molecule has 1 aliphatic carbocycles. The summed E-state index contributed by atoms with van der Waals surface area (Å²) in [6.07, 6.45) is 9.00. The zero-order chi connectivity index (χ0) is 16.4. The quantitative estimate of drug-likeness (QED) is 0.830. The first-order valence-corrected chi connectivity index (χ1v) is 9.64. The molecule has 1 aromatic heterocycles. The lowest BCUT2D eigenvalue weighted by atomic mass is 9.94. The fourth-order valence-electron chi connectivity index (χ4n) is 4.10. The molecule has 0 spiro atoms. The molecule has 3 fully saturated rings. The summed E-state index contributed by atoms with van der Waals surface area (Å²) in [5.74, 6) is 1.99. The van der Waals surface area contributed by atoms with Crippen LogP contribution >= 0.6 is 0 Å². The van der Waals surface area contributed by atoms with Crippen LogP contribution in [-0.2, 0) is 11.3 Å². The normalized spacial score (nSPS) is 24.3. The minimum atomic E-state index is 0.136. The van der Waals surface area contributed by atoms with Gasteiger partial charge in [0.15, 0.2) is 0 Å². The van der Waals surface area contributed by atoms with Crippen LogP contribution in [0.25, 0.3) is 0 Å². The van der Waals surface area contributed by atoms with Crippen molar-refractivity contribution < 1.29 is 4.74 Å². The predicted octanol–water partition coefficient (Wildman–Crippen LogP) is 2.26. The standard InChI is InChI=1S/C19H29N3O2/c23-19-11-18(17-1-2-17)20-14-22(19)13-15-3-7-21(8-4-15)12-16-5-9-24-10-6-16/h11,14-17H,1-10,12-13H2. The summed E-state index contributed by atoms with van der Waals surface area (Å²) in [5.41, 5.74) is 1.14. The highest BCUT2D eigenvalue weighted by Gasteiger charge is 2.26. The Labute approximate surface area is 144 Å². The third kappa shape index (κ3) is 4.06. The molecule has 5 nitrogen and oxygen atoms in total. The van der Waals surface area contributed by atoms with E-state index in [1.165, 1.54) is 58.2 Å². The molecule has 132 valence electrons. The highest BCUT2D eigenvalue weighted by Crippen LogP contribution is 2.38. The van der Waals surface area contributed by atoms with E-state index in [1.54, 1.807) is 12.4 Å². The van der Waals surface area contributed by atoms with Crippen LogP contribution in [0.5, 0.6) is 0 Å². The third-order valence-electron chi connectivity index (χ3n) is 5.92. The van der Waals surface area contributed by atoms with Crippen molar-refractivity contribution in [3.8, 4) is 0 Å². The molecule has 3 heterocycles. The second-order valence-corrected chi connectivity index (χ2v) is 7.88. The molecular weight excluding hydrogens is 302 g/mol. The van der Waals surface area contributed by atoms with Gasteiger partial charge in [-0.2, -0.15) is 0 Å². The van der Waals surface area contributed by atoms with Gasteiger partial charge in [0.05, 0.1) is 12.0 Å². The Kier molecular flexibility index (Phi) is 4.99. The zero-order valence-corrected chi connectivity index (χ0v) is 14.5. The average molecular weight is 331 g/mol. The van der Waals surface area contributed by atoms with E-state index >= 15 is 0 Å². The van der Waals surface area contributed by atoms with Gasteiger partial charge < -0.3 is 9.64 Å². The Morgan fingerprint density at radius 1 is 1.00 bits per heavy atom. The number of rotatable bonds is 5. The van der Waals surface area contributed by atoms with Crippen molar-refractivity contribution in [1.82, 2.24) is 14.5 Å². The first-order chi connectivity index (χ1) is 11.8. The lowest BCUT2D eigenvalue weighted by molar-refractivity contribution is 0.0461. The Balaban J connectivity index is 1.26. The summed E-state index contributed by atoms with van der Waals surface area (Å²) in [6.45, 7) is 6.28. The zero-order valence-electron chi connectivity index (χ0n) is 14.5. The number of piperidine rings is 1. The number of aromatic nitrogens is 2. The Morgan fingerprint density at radius 3 is 2.38 bits per heavy atom. The fourth-order valence-corrected chi connectivity index (χ4v) is 4.10. The molecular formula is C19H29N3O2. The number of hydrogen-bond donors (Lipinski definition) is 0. The van der Waals surface area contributed by atoms with Gasteiger partial charge in [-0.15, -0.1) is 0 Å². The van der Waals surface area contributed by atoms with Crippen molar-refractivity contribution in [3.05, 3.63) is 28.4 Å². The molecule has 0 unspecified atom stereocenters. The highest BCUT2D eigenvalue weighted by molar-refractivity contribution is 5.12. The van der Waals surface area contributed by atoms with Crippen LogP contribution in [0.2, 0.25) is 0 Å². The molecule has 1 aromatic rings. The van der Waals surface area contributed by atoms with E-state index in [1.807, 2.05) is 4.57 Å². The van der Waals surface area contributed by atoms with Gasteiger partial charge in [0, 0.05) is 38.3 Å². The van der Waals surface area contributed by atoms with Crippen LogP contribution in [0.15, 0.2) is 17.2 Å². The van der Waals surface area contributed by atoms with Crippen LogP contribution in [0.1, 0.15) is 50.1 Å². The molecule has 0 bridgehead atoms. The van der Waals surface area contributed by atoms with Crippen molar-refractivity contribution >= 4 is 0 Å². The van der Waals surface area contributed by atoms with Crippen molar-refractivity contribution in [2.75, 3.05) is 32.8 Å². The SMILES string of the molecule is O=c1cc(C2CC2)ncn1CC1CCN(CC2CCOCC2)CC1. The van der Waals surface area contributed by atoms with Gasteiger partial charge in [0.2, 0.25) is 0 Å². The van der Waals surface area contributed by atoms with Crippen molar-refractivity contribution in [2.24, 2.45) is 11.8 Å². The van der Waals surface area contributed by atoms with E-state index in [0.717, 1.165) is 31.4 Å².